The average Bonchev–Trinajstić information content (AvgIpc) is 1.99. The largest absolute Gasteiger partial charge is 0.466 e. The molecule has 0 aromatic rings. The normalized spacial score (nSPS) is 10.4. The molecule has 0 atom stereocenters. The molecule has 0 aliphatic carbocycles. The van der Waals surface area contributed by atoms with Crippen LogP contribution in [-0.4, -0.2) is 12.6 Å². The number of allylic oxidation sites excluding steroid dienone is 2. The highest BCUT2D eigenvalue weighted by Gasteiger charge is 1.98. The summed E-state index contributed by atoms with van der Waals surface area (Å²) in [5.41, 5.74) is 0. The second kappa shape index (κ2) is 7.32. The van der Waals surface area contributed by atoms with E-state index in [-0.39, 0.29) is 5.97 Å². The van der Waals surface area contributed by atoms with E-state index in [2.05, 4.69) is 6.08 Å². The van der Waals surface area contributed by atoms with Gasteiger partial charge in [0.05, 0.1) is 6.61 Å². The van der Waals surface area contributed by atoms with Crippen molar-refractivity contribution < 1.29 is 9.53 Å². The van der Waals surface area contributed by atoms with Crippen LogP contribution in [-0.2, 0) is 9.53 Å². The molecule has 0 amide bonds. The molecule has 0 aliphatic heterocycles. The predicted octanol–water partition coefficient (Wildman–Crippen LogP) is 2.30. The highest BCUT2D eigenvalue weighted by Crippen LogP contribution is 1.98. The van der Waals surface area contributed by atoms with Crippen molar-refractivity contribution in [1.29, 1.82) is 0 Å². The predicted molar refractivity (Wildman–Crippen MR) is 45.3 cm³/mol. The fourth-order valence-corrected chi connectivity index (χ4v) is 0.764. The fraction of sp³-hybridized carbons (Fsp3) is 0.667. The van der Waals surface area contributed by atoms with E-state index >= 15 is 0 Å². The van der Waals surface area contributed by atoms with E-state index in [1.807, 2.05) is 19.9 Å². The van der Waals surface area contributed by atoms with Crippen LogP contribution < -0.4 is 0 Å². The highest BCUT2D eigenvalue weighted by atomic mass is 16.5. The minimum Gasteiger partial charge on any atom is -0.466 e. The first-order valence-electron chi connectivity index (χ1n) is 4.08. The number of hydrogen-bond acceptors (Lipinski definition) is 2. The molecular formula is C9H16O2. The Morgan fingerprint density at radius 1 is 1.55 bits per heavy atom. The van der Waals surface area contributed by atoms with E-state index in [1.54, 1.807) is 0 Å². The molecule has 2 heteroatoms. The average molecular weight is 156 g/mol. The Morgan fingerprint density at radius 3 is 2.82 bits per heavy atom. The molecular weight excluding hydrogens is 140 g/mol. The zero-order chi connectivity index (χ0) is 8.53. The topological polar surface area (TPSA) is 26.3 Å². The third kappa shape index (κ3) is 7.10. The Hall–Kier alpha value is -0.790. The Labute approximate surface area is 68.2 Å². The van der Waals surface area contributed by atoms with Gasteiger partial charge >= 0.3 is 5.97 Å². The van der Waals surface area contributed by atoms with Crippen LogP contribution in [0.4, 0.5) is 0 Å². The maximum absolute atomic E-state index is 10.8. The standard InChI is InChI=1S/C9H16O2/c1-3-5-6-7-8-9(10)11-4-2/h3,5H,4,6-8H2,1-2H3/b5-3+. The van der Waals surface area contributed by atoms with Crippen molar-refractivity contribution in [3.63, 3.8) is 0 Å². The van der Waals surface area contributed by atoms with Crippen LogP contribution in [0.15, 0.2) is 12.2 Å². The molecule has 0 aliphatic rings. The minimum atomic E-state index is -0.0861. The maximum atomic E-state index is 10.8. The molecule has 0 saturated heterocycles. The molecule has 0 N–H and O–H groups in total. The molecule has 2 nitrogen and oxygen atoms in total. The zero-order valence-electron chi connectivity index (χ0n) is 7.30. The van der Waals surface area contributed by atoms with Crippen molar-refractivity contribution in [2.75, 3.05) is 6.61 Å². The smallest absolute Gasteiger partial charge is 0.305 e. The fourth-order valence-electron chi connectivity index (χ4n) is 0.764. The molecule has 0 rings (SSSR count). The quantitative estimate of drug-likeness (QED) is 0.347. The third-order valence-electron chi connectivity index (χ3n) is 1.29. The van der Waals surface area contributed by atoms with Gasteiger partial charge in [-0.25, -0.2) is 0 Å². The first-order chi connectivity index (χ1) is 5.31. The SMILES string of the molecule is C/C=C/CCCC(=O)OCC. The van der Waals surface area contributed by atoms with Gasteiger partial charge in [0.2, 0.25) is 0 Å². The van der Waals surface area contributed by atoms with Gasteiger partial charge in [-0.15, -0.1) is 0 Å². The summed E-state index contributed by atoms with van der Waals surface area (Å²) in [5, 5.41) is 0. The lowest BCUT2D eigenvalue weighted by atomic mass is 10.2. The number of carbonyl (C=O) groups is 1. The molecule has 0 bridgehead atoms. The van der Waals surface area contributed by atoms with Gasteiger partial charge in [-0.3, -0.25) is 4.79 Å². The lowest BCUT2D eigenvalue weighted by Crippen LogP contribution is -2.02. The van der Waals surface area contributed by atoms with E-state index < -0.39 is 0 Å². The van der Waals surface area contributed by atoms with Gasteiger partial charge in [0.1, 0.15) is 0 Å². The van der Waals surface area contributed by atoms with Crippen molar-refractivity contribution in [3.05, 3.63) is 12.2 Å². The van der Waals surface area contributed by atoms with E-state index in [0.29, 0.717) is 13.0 Å². The second-order valence-corrected chi connectivity index (χ2v) is 2.27. The summed E-state index contributed by atoms with van der Waals surface area (Å²) in [4.78, 5) is 10.8. The van der Waals surface area contributed by atoms with Crippen LogP contribution >= 0.6 is 0 Å². The Morgan fingerprint density at radius 2 is 2.27 bits per heavy atom. The maximum Gasteiger partial charge on any atom is 0.305 e. The van der Waals surface area contributed by atoms with Crippen molar-refractivity contribution in [1.82, 2.24) is 0 Å². The van der Waals surface area contributed by atoms with Crippen molar-refractivity contribution in [2.45, 2.75) is 33.1 Å². The number of hydrogen-bond donors (Lipinski definition) is 0. The number of rotatable bonds is 5. The lowest BCUT2D eigenvalue weighted by molar-refractivity contribution is -0.143. The molecule has 0 fully saturated rings. The van der Waals surface area contributed by atoms with Crippen molar-refractivity contribution >= 4 is 5.97 Å². The summed E-state index contributed by atoms with van der Waals surface area (Å²) in [6.45, 7) is 4.29. The van der Waals surface area contributed by atoms with Gasteiger partial charge < -0.3 is 4.74 Å². The van der Waals surface area contributed by atoms with E-state index in [1.165, 1.54) is 0 Å². The molecule has 0 aromatic heterocycles. The first-order valence-corrected chi connectivity index (χ1v) is 4.08. The van der Waals surface area contributed by atoms with Crippen molar-refractivity contribution in [3.8, 4) is 0 Å². The zero-order valence-corrected chi connectivity index (χ0v) is 7.30. The summed E-state index contributed by atoms with van der Waals surface area (Å²) in [7, 11) is 0. The van der Waals surface area contributed by atoms with Crippen LogP contribution in [0.25, 0.3) is 0 Å². The first kappa shape index (κ1) is 10.2. The van der Waals surface area contributed by atoms with Gasteiger partial charge in [0.15, 0.2) is 0 Å². The van der Waals surface area contributed by atoms with E-state index in [0.717, 1.165) is 12.8 Å². The number of carbonyl (C=O) groups excluding carboxylic acids is 1. The van der Waals surface area contributed by atoms with Gasteiger partial charge in [-0.05, 0) is 26.7 Å². The summed E-state index contributed by atoms with van der Waals surface area (Å²) in [6, 6.07) is 0. The molecule has 0 saturated carbocycles. The molecule has 0 radical (unpaired) electrons. The molecule has 11 heavy (non-hydrogen) atoms. The summed E-state index contributed by atoms with van der Waals surface area (Å²) < 4.78 is 4.76. The van der Waals surface area contributed by atoms with Gasteiger partial charge in [0.25, 0.3) is 0 Å². The summed E-state index contributed by atoms with van der Waals surface area (Å²) in [6.07, 6.45) is 6.45. The monoisotopic (exact) mass is 156 g/mol. The van der Waals surface area contributed by atoms with Crippen LogP contribution in [0, 0.1) is 0 Å². The summed E-state index contributed by atoms with van der Waals surface area (Å²) in [5.74, 6) is -0.0861. The Balaban J connectivity index is 3.17. The van der Waals surface area contributed by atoms with Gasteiger partial charge in [0, 0.05) is 6.42 Å². The van der Waals surface area contributed by atoms with Crippen LogP contribution in [0.1, 0.15) is 33.1 Å². The van der Waals surface area contributed by atoms with Crippen LogP contribution in [0.5, 0.6) is 0 Å². The van der Waals surface area contributed by atoms with E-state index in [9.17, 15) is 4.79 Å². The second-order valence-electron chi connectivity index (χ2n) is 2.27. The molecule has 0 unspecified atom stereocenters. The van der Waals surface area contributed by atoms with Gasteiger partial charge in [-0.1, -0.05) is 12.2 Å². The van der Waals surface area contributed by atoms with Crippen molar-refractivity contribution in [2.24, 2.45) is 0 Å². The highest BCUT2D eigenvalue weighted by molar-refractivity contribution is 5.69. The molecule has 0 heterocycles. The van der Waals surface area contributed by atoms with Gasteiger partial charge in [-0.2, -0.15) is 0 Å². The van der Waals surface area contributed by atoms with E-state index in [4.69, 9.17) is 4.74 Å². The number of ether oxygens (including phenoxy) is 1. The number of unbranched alkanes of at least 4 members (excludes halogenated alkanes) is 1. The molecule has 0 spiro atoms. The third-order valence-corrected chi connectivity index (χ3v) is 1.29. The van der Waals surface area contributed by atoms with Crippen LogP contribution in [0.2, 0.25) is 0 Å². The van der Waals surface area contributed by atoms with Crippen LogP contribution in [0.3, 0.4) is 0 Å². The Bertz CT molecular complexity index is 128. The molecule has 0 aromatic carbocycles. The Kier molecular flexibility index (Phi) is 6.79. The molecule has 64 valence electrons. The summed E-state index contributed by atoms with van der Waals surface area (Å²) >= 11 is 0. The minimum absolute atomic E-state index is 0.0861. The lowest BCUT2D eigenvalue weighted by Gasteiger charge is -1.98. The number of esters is 1.